The highest BCUT2D eigenvalue weighted by Crippen LogP contribution is 2.13. The zero-order valence-corrected chi connectivity index (χ0v) is 11.3. The second-order valence-corrected chi connectivity index (χ2v) is 5.02. The van der Waals surface area contributed by atoms with Crippen LogP contribution < -0.4 is 4.90 Å². The van der Waals surface area contributed by atoms with Crippen LogP contribution in [0.15, 0.2) is 16.9 Å². The fraction of sp³-hybridized carbons (Fsp3) is 0.636. The van der Waals surface area contributed by atoms with Gasteiger partial charge in [-0.25, -0.2) is 9.97 Å². The van der Waals surface area contributed by atoms with Crippen molar-refractivity contribution in [3.8, 4) is 0 Å². The van der Waals surface area contributed by atoms with E-state index in [1.165, 1.54) is 0 Å². The molecule has 0 radical (unpaired) electrons. The molecule has 1 fully saturated rings. The van der Waals surface area contributed by atoms with E-state index in [1.807, 2.05) is 0 Å². The minimum Gasteiger partial charge on any atom is -0.395 e. The van der Waals surface area contributed by atoms with E-state index < -0.39 is 0 Å². The standard InChI is InChI=1S/C11H17BrN4O/c12-10-8-13-11(14-9-10)16-3-1-2-15(4-5-16)6-7-17/h8-9,17H,1-7H2. The fourth-order valence-corrected chi connectivity index (χ4v) is 2.21. The Morgan fingerprint density at radius 3 is 2.65 bits per heavy atom. The van der Waals surface area contributed by atoms with Gasteiger partial charge in [-0.15, -0.1) is 0 Å². The largest absolute Gasteiger partial charge is 0.395 e. The summed E-state index contributed by atoms with van der Waals surface area (Å²) >= 11 is 3.34. The Morgan fingerprint density at radius 2 is 1.94 bits per heavy atom. The zero-order chi connectivity index (χ0) is 12.1. The third-order valence-corrected chi connectivity index (χ3v) is 3.30. The number of aromatic nitrogens is 2. The quantitative estimate of drug-likeness (QED) is 0.892. The first-order valence-electron chi connectivity index (χ1n) is 5.85. The van der Waals surface area contributed by atoms with Crippen molar-refractivity contribution in [2.75, 3.05) is 44.2 Å². The topological polar surface area (TPSA) is 52.5 Å². The van der Waals surface area contributed by atoms with Crippen LogP contribution in [0.3, 0.4) is 0 Å². The molecule has 1 aromatic rings. The van der Waals surface area contributed by atoms with Crippen molar-refractivity contribution in [2.24, 2.45) is 0 Å². The highest BCUT2D eigenvalue weighted by molar-refractivity contribution is 9.10. The summed E-state index contributed by atoms with van der Waals surface area (Å²) in [6, 6.07) is 0. The molecule has 0 atom stereocenters. The average Bonchev–Trinajstić information content (AvgIpc) is 2.56. The molecule has 0 aliphatic carbocycles. The third-order valence-electron chi connectivity index (χ3n) is 2.89. The number of aliphatic hydroxyl groups excluding tert-OH is 1. The van der Waals surface area contributed by atoms with Crippen LogP contribution >= 0.6 is 15.9 Å². The first-order chi connectivity index (χ1) is 8.29. The minimum absolute atomic E-state index is 0.231. The number of hydrogen-bond donors (Lipinski definition) is 1. The van der Waals surface area contributed by atoms with Crippen molar-refractivity contribution < 1.29 is 5.11 Å². The number of hydrogen-bond acceptors (Lipinski definition) is 5. The lowest BCUT2D eigenvalue weighted by Gasteiger charge is -2.21. The van der Waals surface area contributed by atoms with Gasteiger partial charge in [0, 0.05) is 38.6 Å². The van der Waals surface area contributed by atoms with Gasteiger partial charge in [-0.05, 0) is 28.9 Å². The molecule has 0 amide bonds. The molecule has 1 aliphatic rings. The van der Waals surface area contributed by atoms with Gasteiger partial charge in [0.1, 0.15) is 0 Å². The number of β-amino-alcohol motifs (C(OH)–C–C–N with tert-alkyl or cyclic N) is 1. The molecule has 0 unspecified atom stereocenters. The van der Waals surface area contributed by atoms with E-state index in [1.54, 1.807) is 12.4 Å². The van der Waals surface area contributed by atoms with Gasteiger partial charge in [0.05, 0.1) is 11.1 Å². The predicted molar refractivity (Wildman–Crippen MR) is 70.1 cm³/mol. The van der Waals surface area contributed by atoms with Crippen LogP contribution in [0.1, 0.15) is 6.42 Å². The fourth-order valence-electron chi connectivity index (χ4n) is 2.00. The first-order valence-corrected chi connectivity index (χ1v) is 6.64. The van der Waals surface area contributed by atoms with Gasteiger partial charge >= 0.3 is 0 Å². The number of rotatable bonds is 3. The van der Waals surface area contributed by atoms with Gasteiger partial charge < -0.3 is 10.0 Å². The van der Waals surface area contributed by atoms with E-state index in [4.69, 9.17) is 5.11 Å². The van der Waals surface area contributed by atoms with Crippen LogP contribution in [0, 0.1) is 0 Å². The maximum absolute atomic E-state index is 8.94. The van der Waals surface area contributed by atoms with Gasteiger partial charge in [-0.2, -0.15) is 0 Å². The Hall–Kier alpha value is -0.720. The number of halogens is 1. The molecule has 1 saturated heterocycles. The van der Waals surface area contributed by atoms with Crippen molar-refractivity contribution in [3.63, 3.8) is 0 Å². The Balaban J connectivity index is 1.96. The highest BCUT2D eigenvalue weighted by atomic mass is 79.9. The van der Waals surface area contributed by atoms with Crippen LogP contribution in [-0.2, 0) is 0 Å². The molecule has 2 rings (SSSR count). The molecule has 1 aromatic heterocycles. The summed E-state index contributed by atoms with van der Waals surface area (Å²) in [5.41, 5.74) is 0. The number of nitrogens with zero attached hydrogens (tertiary/aromatic N) is 4. The van der Waals surface area contributed by atoms with E-state index in [0.29, 0.717) is 0 Å². The van der Waals surface area contributed by atoms with E-state index in [2.05, 4.69) is 35.7 Å². The molecule has 2 heterocycles. The minimum atomic E-state index is 0.231. The smallest absolute Gasteiger partial charge is 0.225 e. The van der Waals surface area contributed by atoms with Crippen LogP contribution in [0.5, 0.6) is 0 Å². The Bertz CT molecular complexity index is 346. The molecule has 0 saturated carbocycles. The molecule has 94 valence electrons. The maximum atomic E-state index is 8.94. The van der Waals surface area contributed by atoms with Gasteiger partial charge in [-0.3, -0.25) is 4.90 Å². The lowest BCUT2D eigenvalue weighted by molar-refractivity contribution is 0.204. The maximum Gasteiger partial charge on any atom is 0.225 e. The molecular formula is C11H17BrN4O. The van der Waals surface area contributed by atoms with Gasteiger partial charge in [-0.1, -0.05) is 0 Å². The van der Waals surface area contributed by atoms with Crippen LogP contribution in [0.2, 0.25) is 0 Å². The lowest BCUT2D eigenvalue weighted by atomic mass is 10.4. The number of aliphatic hydroxyl groups is 1. The van der Waals surface area contributed by atoms with Gasteiger partial charge in [0.15, 0.2) is 0 Å². The molecular weight excluding hydrogens is 284 g/mol. The van der Waals surface area contributed by atoms with E-state index >= 15 is 0 Å². The Labute approximate surface area is 110 Å². The second kappa shape index (κ2) is 6.28. The SMILES string of the molecule is OCCN1CCCN(c2ncc(Br)cn2)CC1. The van der Waals surface area contributed by atoms with E-state index in [0.717, 1.165) is 49.6 Å². The predicted octanol–water partition coefficient (Wildman–Crippen LogP) is 0.743. The first kappa shape index (κ1) is 12.7. The summed E-state index contributed by atoms with van der Waals surface area (Å²) in [7, 11) is 0. The summed E-state index contributed by atoms with van der Waals surface area (Å²) in [5, 5.41) is 8.94. The Kier molecular flexibility index (Phi) is 4.70. The molecule has 5 nitrogen and oxygen atoms in total. The summed E-state index contributed by atoms with van der Waals surface area (Å²) in [5.74, 6) is 0.791. The van der Waals surface area contributed by atoms with Gasteiger partial charge in [0.25, 0.3) is 0 Å². The second-order valence-electron chi connectivity index (χ2n) is 4.11. The van der Waals surface area contributed by atoms with Crippen molar-refractivity contribution in [2.45, 2.75) is 6.42 Å². The molecule has 0 aromatic carbocycles. The van der Waals surface area contributed by atoms with Crippen LogP contribution in [-0.4, -0.2) is 59.3 Å². The van der Waals surface area contributed by atoms with Gasteiger partial charge in [0.2, 0.25) is 5.95 Å². The molecule has 6 heteroatoms. The lowest BCUT2D eigenvalue weighted by Crippen LogP contribution is -2.33. The van der Waals surface area contributed by atoms with Crippen molar-refractivity contribution in [3.05, 3.63) is 16.9 Å². The molecule has 17 heavy (non-hydrogen) atoms. The van der Waals surface area contributed by atoms with E-state index in [9.17, 15) is 0 Å². The van der Waals surface area contributed by atoms with Crippen LogP contribution in [0.4, 0.5) is 5.95 Å². The molecule has 1 N–H and O–H groups in total. The monoisotopic (exact) mass is 300 g/mol. The van der Waals surface area contributed by atoms with Crippen LogP contribution in [0.25, 0.3) is 0 Å². The third kappa shape index (κ3) is 3.62. The molecule has 0 bridgehead atoms. The van der Waals surface area contributed by atoms with Crippen molar-refractivity contribution in [1.29, 1.82) is 0 Å². The van der Waals surface area contributed by atoms with Crippen molar-refractivity contribution in [1.82, 2.24) is 14.9 Å². The number of anilines is 1. The molecule has 1 aliphatic heterocycles. The zero-order valence-electron chi connectivity index (χ0n) is 9.72. The normalized spacial score (nSPS) is 18.1. The molecule has 0 spiro atoms. The van der Waals surface area contributed by atoms with Crippen molar-refractivity contribution >= 4 is 21.9 Å². The summed E-state index contributed by atoms with van der Waals surface area (Å²) < 4.78 is 0.901. The summed E-state index contributed by atoms with van der Waals surface area (Å²) in [6.45, 7) is 4.88. The summed E-state index contributed by atoms with van der Waals surface area (Å²) in [6.07, 6.45) is 4.64. The van der Waals surface area contributed by atoms with E-state index in [-0.39, 0.29) is 6.61 Å². The summed E-state index contributed by atoms with van der Waals surface area (Å²) in [4.78, 5) is 13.1. The highest BCUT2D eigenvalue weighted by Gasteiger charge is 2.16. The Morgan fingerprint density at radius 1 is 1.18 bits per heavy atom. The average molecular weight is 301 g/mol.